The van der Waals surface area contributed by atoms with Gasteiger partial charge in [-0.2, -0.15) is 0 Å². The number of aromatic nitrogens is 3. The fraction of sp³-hybridized carbons (Fsp3) is 0.333. The quantitative estimate of drug-likeness (QED) is 0.511. The first kappa shape index (κ1) is 17.3. The Morgan fingerprint density at radius 3 is 2.88 bits per heavy atom. The summed E-state index contributed by atoms with van der Waals surface area (Å²) in [5.41, 5.74) is 3.25. The number of thiazole rings is 1. The van der Waals surface area contributed by atoms with Gasteiger partial charge in [-0.1, -0.05) is 18.3 Å². The zero-order chi connectivity index (χ0) is 17.6. The Labute approximate surface area is 151 Å². The molecule has 0 aliphatic carbocycles. The highest BCUT2D eigenvalue weighted by atomic mass is 32.1. The van der Waals surface area contributed by atoms with Gasteiger partial charge < -0.3 is 5.32 Å². The van der Waals surface area contributed by atoms with Crippen LogP contribution in [0.3, 0.4) is 0 Å². The minimum atomic E-state index is 0.692. The molecule has 1 N–H and O–H groups in total. The van der Waals surface area contributed by atoms with Crippen LogP contribution in [0.15, 0.2) is 53.3 Å². The second-order valence-electron chi connectivity index (χ2n) is 5.89. The number of nitrogens with zero attached hydrogens (tertiary/aromatic N) is 5. The number of nitrogens with one attached hydrogen (secondary N) is 1. The second kappa shape index (κ2) is 8.02. The normalized spacial score (nSPS) is 11.3. The lowest BCUT2D eigenvalue weighted by Crippen LogP contribution is -2.24. The van der Waals surface area contributed by atoms with E-state index in [-0.39, 0.29) is 0 Å². The third-order valence-electron chi connectivity index (χ3n) is 3.84. The molecule has 0 radical (unpaired) electrons. The molecular weight excluding hydrogens is 332 g/mol. The first-order valence-electron chi connectivity index (χ1n) is 8.36. The van der Waals surface area contributed by atoms with Crippen molar-refractivity contribution in [2.45, 2.75) is 26.8 Å². The zero-order valence-corrected chi connectivity index (χ0v) is 15.6. The summed E-state index contributed by atoms with van der Waals surface area (Å²) in [6.07, 6.45) is 8.95. The van der Waals surface area contributed by atoms with Crippen LogP contribution in [-0.2, 0) is 20.0 Å². The lowest BCUT2D eigenvalue weighted by molar-refractivity contribution is -0.671. The fourth-order valence-corrected chi connectivity index (χ4v) is 3.13. The zero-order valence-electron chi connectivity index (χ0n) is 14.8. The van der Waals surface area contributed by atoms with Crippen molar-refractivity contribution in [3.63, 3.8) is 0 Å². The molecule has 7 heteroatoms. The summed E-state index contributed by atoms with van der Waals surface area (Å²) in [5, 5.41) is 12.7. The number of hydrogen-bond acceptors (Lipinski definition) is 5. The molecule has 0 fully saturated rings. The molecule has 6 nitrogen and oxygen atoms in total. The molecule has 0 aliphatic heterocycles. The van der Waals surface area contributed by atoms with Crippen molar-refractivity contribution in [1.82, 2.24) is 9.55 Å². The van der Waals surface area contributed by atoms with Gasteiger partial charge in [0.05, 0.1) is 19.3 Å². The number of imidazole rings is 1. The molecular formula is C18H23N6S+. The number of anilines is 1. The summed E-state index contributed by atoms with van der Waals surface area (Å²) < 4.78 is 4.21. The highest BCUT2D eigenvalue weighted by molar-refractivity contribution is 7.15. The van der Waals surface area contributed by atoms with Crippen LogP contribution in [0.4, 0.5) is 16.5 Å². The largest absolute Gasteiger partial charge is 0.381 e. The van der Waals surface area contributed by atoms with E-state index >= 15 is 0 Å². The van der Waals surface area contributed by atoms with E-state index in [2.05, 4.69) is 56.7 Å². The molecule has 3 aromatic rings. The van der Waals surface area contributed by atoms with Gasteiger partial charge in [0.15, 0.2) is 0 Å². The summed E-state index contributed by atoms with van der Waals surface area (Å²) in [4.78, 5) is 5.34. The van der Waals surface area contributed by atoms with Gasteiger partial charge in [0.25, 0.3) is 0 Å². The Hall–Kier alpha value is -2.54. The smallest absolute Gasteiger partial charge is 0.243 e. The van der Waals surface area contributed by atoms with Gasteiger partial charge >= 0.3 is 0 Å². The van der Waals surface area contributed by atoms with Crippen LogP contribution >= 0.6 is 11.3 Å². The Balaban J connectivity index is 1.63. The number of benzene rings is 1. The monoisotopic (exact) mass is 355 g/mol. The number of azo groups is 1. The highest BCUT2D eigenvalue weighted by Gasteiger charge is 2.04. The molecule has 2 aromatic heterocycles. The third-order valence-corrected chi connectivity index (χ3v) is 4.64. The summed E-state index contributed by atoms with van der Waals surface area (Å²) in [5.74, 6) is 0. The van der Waals surface area contributed by atoms with Gasteiger partial charge in [-0.3, -0.25) is 0 Å². The highest BCUT2D eigenvalue weighted by Crippen LogP contribution is 2.26. The molecule has 2 heterocycles. The lowest BCUT2D eigenvalue weighted by Gasteiger charge is -2.10. The van der Waals surface area contributed by atoms with Crippen molar-refractivity contribution in [1.29, 1.82) is 0 Å². The van der Waals surface area contributed by atoms with Gasteiger partial charge in [-0.05, 0) is 37.1 Å². The maximum absolute atomic E-state index is 4.31. The van der Waals surface area contributed by atoms with Crippen LogP contribution in [-0.4, -0.2) is 16.1 Å². The average molecular weight is 355 g/mol. The molecule has 1 aromatic carbocycles. The molecule has 0 saturated heterocycles. The Morgan fingerprint density at radius 1 is 1.32 bits per heavy atom. The molecule has 0 saturated carbocycles. The Morgan fingerprint density at radius 2 is 2.20 bits per heavy atom. The van der Waals surface area contributed by atoms with E-state index < -0.39 is 0 Å². The Kier molecular flexibility index (Phi) is 5.55. The second-order valence-corrected chi connectivity index (χ2v) is 7.11. The predicted molar refractivity (Wildman–Crippen MR) is 101 cm³/mol. The van der Waals surface area contributed by atoms with Crippen LogP contribution in [0.25, 0.3) is 0 Å². The van der Waals surface area contributed by atoms with Crippen molar-refractivity contribution < 1.29 is 4.57 Å². The molecule has 130 valence electrons. The molecule has 0 amide bonds. The van der Waals surface area contributed by atoms with Crippen LogP contribution < -0.4 is 9.88 Å². The van der Waals surface area contributed by atoms with Crippen molar-refractivity contribution >= 4 is 27.8 Å². The molecule has 0 bridgehead atoms. The predicted octanol–water partition coefficient (Wildman–Crippen LogP) is 4.17. The summed E-state index contributed by atoms with van der Waals surface area (Å²) >= 11 is 1.54. The maximum atomic E-state index is 4.31. The van der Waals surface area contributed by atoms with Gasteiger partial charge in [0, 0.05) is 16.8 Å². The van der Waals surface area contributed by atoms with Gasteiger partial charge in [-0.15, -0.1) is 10.2 Å². The molecule has 0 spiro atoms. The molecule has 0 unspecified atom stereocenters. The topological polar surface area (TPSA) is 58.5 Å². The van der Waals surface area contributed by atoms with Gasteiger partial charge in [0.1, 0.15) is 18.9 Å². The molecule has 3 rings (SSSR count). The third kappa shape index (κ3) is 4.73. The van der Waals surface area contributed by atoms with Crippen LogP contribution in [0.5, 0.6) is 0 Å². The lowest BCUT2D eigenvalue weighted by atomic mass is 10.1. The summed E-state index contributed by atoms with van der Waals surface area (Å²) in [6.45, 7) is 5.97. The summed E-state index contributed by atoms with van der Waals surface area (Å²) in [7, 11) is 2.03. The van der Waals surface area contributed by atoms with Crippen molar-refractivity contribution in [3.05, 3.63) is 53.6 Å². The first-order valence-corrected chi connectivity index (χ1v) is 9.17. The first-order chi connectivity index (χ1) is 12.1. The summed E-state index contributed by atoms with van der Waals surface area (Å²) in [6, 6.07) is 6.15. The van der Waals surface area contributed by atoms with E-state index in [0.29, 0.717) is 5.13 Å². The SMILES string of the molecule is CCc1cc(N=Nc2ncc(C)s2)ccc1NCCn1cc[n+](C)c1. The van der Waals surface area contributed by atoms with E-state index in [1.807, 2.05) is 37.0 Å². The maximum Gasteiger partial charge on any atom is 0.243 e. The average Bonchev–Trinajstić information content (AvgIpc) is 3.22. The van der Waals surface area contributed by atoms with E-state index in [1.165, 1.54) is 5.56 Å². The van der Waals surface area contributed by atoms with Crippen molar-refractivity contribution in [2.75, 3.05) is 11.9 Å². The van der Waals surface area contributed by atoms with E-state index in [9.17, 15) is 0 Å². The standard InChI is InChI=1S/C18H23N6S/c1-4-15-11-16(21-22-18-20-12-14(2)25-18)5-6-17(15)19-7-8-24-10-9-23(3)13-24/h5-6,9-13,19H,4,7-8H2,1-3H3/q+1. The minimum absolute atomic E-state index is 0.692. The van der Waals surface area contributed by atoms with Crippen molar-refractivity contribution in [2.24, 2.45) is 17.3 Å². The minimum Gasteiger partial charge on any atom is -0.381 e. The molecule has 25 heavy (non-hydrogen) atoms. The van der Waals surface area contributed by atoms with Crippen LogP contribution in [0.2, 0.25) is 0 Å². The van der Waals surface area contributed by atoms with E-state index in [1.54, 1.807) is 11.3 Å². The number of hydrogen-bond donors (Lipinski definition) is 1. The number of aryl methyl sites for hydroxylation is 3. The van der Waals surface area contributed by atoms with Gasteiger partial charge in [-0.25, -0.2) is 14.1 Å². The molecule has 0 atom stereocenters. The van der Waals surface area contributed by atoms with Crippen molar-refractivity contribution in [3.8, 4) is 0 Å². The van der Waals surface area contributed by atoms with Crippen LogP contribution in [0, 0.1) is 6.92 Å². The van der Waals surface area contributed by atoms with Crippen LogP contribution in [0.1, 0.15) is 17.4 Å². The van der Waals surface area contributed by atoms with E-state index in [4.69, 9.17) is 0 Å². The number of rotatable bonds is 7. The Bertz CT molecular complexity index is 864. The van der Waals surface area contributed by atoms with Gasteiger partial charge in [0.2, 0.25) is 11.5 Å². The van der Waals surface area contributed by atoms with E-state index in [0.717, 1.165) is 35.8 Å². The fourth-order valence-electron chi connectivity index (χ4n) is 2.55. The molecule has 0 aliphatic rings.